The van der Waals surface area contributed by atoms with Crippen LogP contribution in [0, 0.1) is 6.92 Å². The normalized spacial score (nSPS) is 11.2. The average Bonchev–Trinajstić information content (AvgIpc) is 2.69. The van der Waals surface area contributed by atoms with Crippen molar-refractivity contribution in [3.8, 4) is 0 Å². The highest BCUT2D eigenvalue weighted by atomic mass is 16.1. The molecule has 0 radical (unpaired) electrons. The number of hydrogen-bond acceptors (Lipinski definition) is 1. The summed E-state index contributed by atoms with van der Waals surface area (Å²) < 4.78 is 0. The molecule has 26 heavy (non-hydrogen) atoms. The zero-order valence-electron chi connectivity index (χ0n) is 15.2. The van der Waals surface area contributed by atoms with Gasteiger partial charge in [-0.1, -0.05) is 85.8 Å². The van der Waals surface area contributed by atoms with Gasteiger partial charge in [0, 0.05) is 11.3 Å². The third kappa shape index (κ3) is 4.09. The van der Waals surface area contributed by atoms with Gasteiger partial charge in [0.15, 0.2) is 0 Å². The van der Waals surface area contributed by atoms with Crippen LogP contribution in [0.15, 0.2) is 78.9 Å². The monoisotopic (exact) mass is 341 g/mol. The molecule has 3 aromatic carbocycles. The van der Waals surface area contributed by atoms with E-state index in [-0.39, 0.29) is 5.91 Å². The van der Waals surface area contributed by atoms with Gasteiger partial charge in [-0.05, 0) is 41.7 Å². The predicted molar refractivity (Wildman–Crippen MR) is 110 cm³/mol. The summed E-state index contributed by atoms with van der Waals surface area (Å²) in [6, 6.07) is 25.8. The van der Waals surface area contributed by atoms with E-state index in [4.69, 9.17) is 0 Å². The lowest BCUT2D eigenvalue weighted by Crippen LogP contribution is -2.15. The molecule has 2 heteroatoms. The number of para-hydroxylation sites is 1. The second-order valence-corrected chi connectivity index (χ2v) is 6.25. The second kappa shape index (κ2) is 8.30. The van der Waals surface area contributed by atoms with Crippen LogP contribution in [0.3, 0.4) is 0 Å². The van der Waals surface area contributed by atoms with Gasteiger partial charge in [-0.3, -0.25) is 4.79 Å². The van der Waals surface area contributed by atoms with E-state index >= 15 is 0 Å². The molecule has 0 saturated carbocycles. The van der Waals surface area contributed by atoms with Gasteiger partial charge in [0.05, 0.1) is 0 Å². The molecule has 3 aromatic rings. The van der Waals surface area contributed by atoms with Gasteiger partial charge in [-0.25, -0.2) is 0 Å². The maximum absolute atomic E-state index is 13.2. The first-order valence-electron chi connectivity index (χ1n) is 8.91. The standard InChI is InChI=1S/C24H23NO/c1-3-20-16-10-11-18(2)23(20)25-24(26)22(21-14-8-5-9-15-21)17-19-12-6-4-7-13-19/h4-17H,3H2,1-2H3,(H,25,26)/b22-17+. The quantitative estimate of drug-likeness (QED) is 0.465. The van der Waals surface area contributed by atoms with E-state index in [1.54, 1.807) is 0 Å². The highest BCUT2D eigenvalue weighted by molar-refractivity contribution is 6.29. The predicted octanol–water partition coefficient (Wildman–Crippen LogP) is 5.74. The molecule has 0 unspecified atom stereocenters. The van der Waals surface area contributed by atoms with Crippen LogP contribution in [-0.2, 0) is 11.2 Å². The first-order chi connectivity index (χ1) is 12.7. The Kier molecular flexibility index (Phi) is 5.65. The first kappa shape index (κ1) is 17.7. The van der Waals surface area contributed by atoms with Crippen molar-refractivity contribution in [1.29, 1.82) is 0 Å². The van der Waals surface area contributed by atoms with Crippen LogP contribution >= 0.6 is 0 Å². The summed E-state index contributed by atoms with van der Waals surface area (Å²) in [6.45, 7) is 4.13. The highest BCUT2D eigenvalue weighted by Gasteiger charge is 2.15. The number of anilines is 1. The van der Waals surface area contributed by atoms with Gasteiger partial charge in [0.25, 0.3) is 5.91 Å². The number of benzene rings is 3. The Morgan fingerprint density at radius 1 is 0.885 bits per heavy atom. The van der Waals surface area contributed by atoms with E-state index in [0.29, 0.717) is 5.57 Å². The van der Waals surface area contributed by atoms with Crippen LogP contribution in [0.5, 0.6) is 0 Å². The molecule has 0 fully saturated rings. The Morgan fingerprint density at radius 3 is 2.19 bits per heavy atom. The zero-order chi connectivity index (χ0) is 18.4. The fourth-order valence-corrected chi connectivity index (χ4v) is 3.00. The van der Waals surface area contributed by atoms with Crippen LogP contribution in [0.25, 0.3) is 11.6 Å². The Morgan fingerprint density at radius 2 is 1.54 bits per heavy atom. The number of hydrogen-bond donors (Lipinski definition) is 1. The minimum atomic E-state index is -0.0935. The third-order valence-corrected chi connectivity index (χ3v) is 4.42. The molecule has 0 aliphatic heterocycles. The van der Waals surface area contributed by atoms with Crippen LogP contribution < -0.4 is 5.32 Å². The molecule has 0 heterocycles. The summed E-state index contributed by atoms with van der Waals surface area (Å²) in [5.41, 5.74) is 5.69. The average molecular weight is 341 g/mol. The van der Waals surface area contributed by atoms with Crippen LogP contribution in [-0.4, -0.2) is 5.91 Å². The second-order valence-electron chi connectivity index (χ2n) is 6.25. The Balaban J connectivity index is 2.01. The number of nitrogens with one attached hydrogen (secondary N) is 1. The van der Waals surface area contributed by atoms with Crippen molar-refractivity contribution in [1.82, 2.24) is 0 Å². The summed E-state index contributed by atoms with van der Waals surface area (Å²) >= 11 is 0. The molecule has 0 bridgehead atoms. The minimum Gasteiger partial charge on any atom is -0.321 e. The Labute approximate surface area is 155 Å². The molecule has 0 saturated heterocycles. The zero-order valence-corrected chi connectivity index (χ0v) is 15.2. The maximum Gasteiger partial charge on any atom is 0.256 e. The molecule has 0 aromatic heterocycles. The summed E-state index contributed by atoms with van der Waals surface area (Å²) in [5.74, 6) is -0.0935. The van der Waals surface area contributed by atoms with E-state index in [2.05, 4.69) is 18.3 Å². The molecule has 0 aliphatic carbocycles. The molecule has 130 valence electrons. The van der Waals surface area contributed by atoms with Crippen LogP contribution in [0.1, 0.15) is 29.2 Å². The van der Waals surface area contributed by atoms with E-state index in [1.165, 1.54) is 0 Å². The smallest absolute Gasteiger partial charge is 0.256 e. The molecule has 1 N–H and O–H groups in total. The number of aryl methyl sites for hydroxylation is 2. The third-order valence-electron chi connectivity index (χ3n) is 4.42. The molecule has 0 spiro atoms. The lowest BCUT2D eigenvalue weighted by Gasteiger charge is -2.15. The van der Waals surface area contributed by atoms with E-state index in [9.17, 15) is 4.79 Å². The van der Waals surface area contributed by atoms with Crippen molar-refractivity contribution in [3.63, 3.8) is 0 Å². The van der Waals surface area contributed by atoms with Crippen molar-refractivity contribution < 1.29 is 4.79 Å². The van der Waals surface area contributed by atoms with Crippen molar-refractivity contribution in [2.75, 3.05) is 5.32 Å². The Bertz CT molecular complexity index is 911. The van der Waals surface area contributed by atoms with Gasteiger partial charge in [0.1, 0.15) is 0 Å². The van der Waals surface area contributed by atoms with Gasteiger partial charge >= 0.3 is 0 Å². The molecular weight excluding hydrogens is 318 g/mol. The highest BCUT2D eigenvalue weighted by Crippen LogP contribution is 2.25. The van der Waals surface area contributed by atoms with Gasteiger partial charge in [-0.2, -0.15) is 0 Å². The van der Waals surface area contributed by atoms with Crippen molar-refractivity contribution in [2.24, 2.45) is 0 Å². The van der Waals surface area contributed by atoms with Gasteiger partial charge in [0.2, 0.25) is 0 Å². The molecular formula is C24H23NO. The summed E-state index contributed by atoms with van der Waals surface area (Å²) in [4.78, 5) is 13.2. The first-order valence-corrected chi connectivity index (χ1v) is 8.91. The van der Waals surface area contributed by atoms with E-state index in [0.717, 1.165) is 34.4 Å². The fourth-order valence-electron chi connectivity index (χ4n) is 3.00. The van der Waals surface area contributed by atoms with Crippen LogP contribution in [0.4, 0.5) is 5.69 Å². The van der Waals surface area contributed by atoms with Crippen molar-refractivity contribution in [2.45, 2.75) is 20.3 Å². The molecule has 0 atom stereocenters. The van der Waals surface area contributed by atoms with Gasteiger partial charge < -0.3 is 5.32 Å². The fraction of sp³-hybridized carbons (Fsp3) is 0.125. The molecule has 0 aliphatic rings. The number of carbonyl (C=O) groups is 1. The number of carbonyl (C=O) groups excluding carboxylic acids is 1. The molecule has 3 rings (SSSR count). The van der Waals surface area contributed by atoms with E-state index < -0.39 is 0 Å². The maximum atomic E-state index is 13.2. The van der Waals surface area contributed by atoms with Crippen molar-refractivity contribution >= 4 is 23.2 Å². The largest absolute Gasteiger partial charge is 0.321 e. The minimum absolute atomic E-state index is 0.0935. The van der Waals surface area contributed by atoms with Gasteiger partial charge in [-0.15, -0.1) is 0 Å². The summed E-state index contributed by atoms with van der Waals surface area (Å²) in [5, 5.41) is 3.14. The molecule has 2 nitrogen and oxygen atoms in total. The number of amides is 1. The lowest BCUT2D eigenvalue weighted by atomic mass is 10.0. The topological polar surface area (TPSA) is 29.1 Å². The SMILES string of the molecule is CCc1cccc(C)c1NC(=O)/C(=C/c1ccccc1)c1ccccc1. The molecule has 1 amide bonds. The van der Waals surface area contributed by atoms with E-state index in [1.807, 2.05) is 85.8 Å². The Hall–Kier alpha value is -3.13. The van der Waals surface area contributed by atoms with Crippen LogP contribution in [0.2, 0.25) is 0 Å². The summed E-state index contributed by atoms with van der Waals surface area (Å²) in [7, 11) is 0. The lowest BCUT2D eigenvalue weighted by molar-refractivity contribution is -0.111. The van der Waals surface area contributed by atoms with Crippen molar-refractivity contribution in [3.05, 3.63) is 101 Å². The number of rotatable bonds is 5. The summed E-state index contributed by atoms with van der Waals surface area (Å²) in [6.07, 6.45) is 2.81.